The maximum absolute atomic E-state index is 14.6. The van der Waals surface area contributed by atoms with Crippen LogP contribution in [0.25, 0.3) is 6.08 Å². The lowest BCUT2D eigenvalue weighted by Gasteiger charge is -2.18. The van der Waals surface area contributed by atoms with Crippen LogP contribution >= 0.6 is 0 Å². The van der Waals surface area contributed by atoms with Crippen molar-refractivity contribution in [1.29, 1.82) is 0 Å². The predicted octanol–water partition coefficient (Wildman–Crippen LogP) is 5.59. The Hall–Kier alpha value is -3.70. The van der Waals surface area contributed by atoms with E-state index in [2.05, 4.69) is 22.3 Å². The molecule has 1 atom stereocenters. The van der Waals surface area contributed by atoms with Gasteiger partial charge in [0, 0.05) is 12.2 Å². The molecule has 0 saturated heterocycles. The largest absolute Gasteiger partial charge is 0.405 e. The van der Waals surface area contributed by atoms with Crippen molar-refractivity contribution in [2.24, 2.45) is 11.8 Å². The molecule has 0 bridgehead atoms. The van der Waals surface area contributed by atoms with E-state index in [0.717, 1.165) is 6.07 Å². The molecule has 0 radical (unpaired) electrons. The van der Waals surface area contributed by atoms with E-state index in [1.165, 1.54) is 47.8 Å². The smallest absolute Gasteiger partial charge is 0.346 e. The first-order chi connectivity index (χ1) is 19.3. The summed E-state index contributed by atoms with van der Waals surface area (Å²) in [6.07, 6.45) is 5.94. The predicted molar refractivity (Wildman–Crippen MR) is 148 cm³/mol. The highest BCUT2D eigenvalue weighted by Gasteiger charge is 2.31. The second-order valence-electron chi connectivity index (χ2n) is 10.8. The molecule has 2 aromatic rings. The van der Waals surface area contributed by atoms with Gasteiger partial charge in [0.15, 0.2) is 0 Å². The molecule has 2 saturated carbocycles. The standard InChI is InChI=1S/C22H25F4N5O3.C7H12/c1-5-14-8-17(16(23)9-15(14)13(4)20(33)28-11-22(24,25)26)30-19(32)10-27-21(34)18-6-7-29-31(18)12(2)3;1-2-6(1)5-7-3-4-7/h5-9,12-13H,1,10-11H2,2-4H3,(H,27,34)(H,28,33)(H,30,32);6-7H,1-5H2. The van der Waals surface area contributed by atoms with E-state index in [-0.39, 0.29) is 28.6 Å². The number of rotatable bonds is 11. The summed E-state index contributed by atoms with van der Waals surface area (Å²) < 4.78 is 53.2. The van der Waals surface area contributed by atoms with E-state index in [0.29, 0.717) is 0 Å². The number of carbonyl (C=O) groups is 3. The number of hydrogen-bond acceptors (Lipinski definition) is 4. The van der Waals surface area contributed by atoms with Crippen molar-refractivity contribution in [2.75, 3.05) is 18.4 Å². The molecule has 3 amide bonds. The summed E-state index contributed by atoms with van der Waals surface area (Å²) in [6.45, 7) is 6.59. The Morgan fingerprint density at radius 1 is 1.10 bits per heavy atom. The third-order valence-corrected chi connectivity index (χ3v) is 6.85. The van der Waals surface area contributed by atoms with Crippen molar-refractivity contribution in [3.8, 4) is 0 Å². The average molecular weight is 580 g/mol. The summed E-state index contributed by atoms with van der Waals surface area (Å²) in [6, 6.07) is 3.57. The minimum Gasteiger partial charge on any atom is -0.346 e. The molecular weight excluding hydrogens is 542 g/mol. The molecule has 8 nitrogen and oxygen atoms in total. The van der Waals surface area contributed by atoms with Crippen molar-refractivity contribution in [1.82, 2.24) is 20.4 Å². The molecule has 2 aliphatic carbocycles. The summed E-state index contributed by atoms with van der Waals surface area (Å²) >= 11 is 0. The maximum Gasteiger partial charge on any atom is 0.405 e. The van der Waals surface area contributed by atoms with Crippen LogP contribution in [0.4, 0.5) is 23.2 Å². The topological polar surface area (TPSA) is 105 Å². The van der Waals surface area contributed by atoms with Gasteiger partial charge in [-0.25, -0.2) is 4.39 Å². The van der Waals surface area contributed by atoms with Crippen LogP contribution in [0.15, 0.2) is 31.0 Å². The maximum atomic E-state index is 14.6. The van der Waals surface area contributed by atoms with Crippen LogP contribution in [-0.2, 0) is 9.59 Å². The number of aromatic nitrogens is 2. The third kappa shape index (κ3) is 10.0. The Kier molecular flexibility index (Phi) is 10.7. The Morgan fingerprint density at radius 2 is 1.73 bits per heavy atom. The fourth-order valence-corrected chi connectivity index (χ4v) is 4.26. The van der Waals surface area contributed by atoms with E-state index in [1.807, 2.05) is 13.8 Å². The summed E-state index contributed by atoms with van der Waals surface area (Å²) in [7, 11) is 0. The van der Waals surface area contributed by atoms with Gasteiger partial charge in [-0.3, -0.25) is 19.1 Å². The summed E-state index contributed by atoms with van der Waals surface area (Å²) in [5, 5.41) is 10.5. The first kappa shape index (κ1) is 31.8. The van der Waals surface area contributed by atoms with Gasteiger partial charge in [0.05, 0.1) is 18.2 Å². The highest BCUT2D eigenvalue weighted by atomic mass is 19.4. The zero-order valence-electron chi connectivity index (χ0n) is 23.5. The molecule has 3 N–H and O–H groups in total. The molecule has 1 aromatic heterocycles. The Morgan fingerprint density at radius 3 is 2.27 bits per heavy atom. The van der Waals surface area contributed by atoms with E-state index in [9.17, 15) is 31.9 Å². The number of nitrogens with one attached hydrogen (secondary N) is 3. The molecule has 4 rings (SSSR count). The van der Waals surface area contributed by atoms with Gasteiger partial charge in [-0.1, -0.05) is 38.3 Å². The minimum atomic E-state index is -4.58. The van der Waals surface area contributed by atoms with Gasteiger partial charge in [-0.05, 0) is 68.4 Å². The highest BCUT2D eigenvalue weighted by Crippen LogP contribution is 2.43. The van der Waals surface area contributed by atoms with Gasteiger partial charge in [-0.2, -0.15) is 18.3 Å². The van der Waals surface area contributed by atoms with Gasteiger partial charge in [0.1, 0.15) is 18.1 Å². The quantitative estimate of drug-likeness (QED) is 0.302. The fraction of sp³-hybridized carbons (Fsp3) is 0.517. The van der Waals surface area contributed by atoms with Crippen LogP contribution in [0, 0.1) is 17.7 Å². The molecule has 0 aliphatic heterocycles. The first-order valence-electron chi connectivity index (χ1n) is 13.7. The van der Waals surface area contributed by atoms with Crippen molar-refractivity contribution in [3.05, 3.63) is 53.6 Å². The average Bonchev–Trinajstić information content (AvgIpc) is 3.86. The molecule has 224 valence electrons. The molecule has 2 fully saturated rings. The molecule has 41 heavy (non-hydrogen) atoms. The zero-order chi connectivity index (χ0) is 30.3. The Balaban J connectivity index is 0.000000563. The number of hydrogen-bond donors (Lipinski definition) is 3. The molecule has 0 spiro atoms. The number of halogens is 4. The Labute approximate surface area is 236 Å². The SMILES string of the molecule is C1CC1CC1CC1.C=Cc1cc(NC(=O)CNC(=O)c2ccnn2C(C)C)c(F)cc1C(C)C(=O)NCC(F)(F)F. The molecule has 2 aliphatic rings. The first-order valence-corrected chi connectivity index (χ1v) is 13.7. The molecule has 12 heteroatoms. The number of anilines is 1. The van der Waals surface area contributed by atoms with E-state index in [1.54, 1.807) is 37.4 Å². The molecule has 1 aromatic carbocycles. The summed E-state index contributed by atoms with van der Waals surface area (Å²) in [5.41, 5.74) is 0.356. The van der Waals surface area contributed by atoms with Crippen molar-refractivity contribution in [3.63, 3.8) is 0 Å². The zero-order valence-corrected chi connectivity index (χ0v) is 23.5. The number of carbonyl (C=O) groups excluding carboxylic acids is 3. The molecule has 1 unspecified atom stereocenters. The Bertz CT molecular complexity index is 1240. The fourth-order valence-electron chi connectivity index (χ4n) is 4.26. The van der Waals surface area contributed by atoms with Gasteiger partial charge < -0.3 is 16.0 Å². The van der Waals surface area contributed by atoms with Crippen LogP contribution in [0.2, 0.25) is 0 Å². The monoisotopic (exact) mass is 579 g/mol. The van der Waals surface area contributed by atoms with Crippen molar-refractivity contribution < 1.29 is 31.9 Å². The van der Waals surface area contributed by atoms with Crippen molar-refractivity contribution in [2.45, 2.75) is 71.0 Å². The van der Waals surface area contributed by atoms with Crippen LogP contribution in [0.3, 0.4) is 0 Å². The lowest BCUT2D eigenvalue weighted by atomic mass is 9.94. The number of alkyl halides is 3. The van der Waals surface area contributed by atoms with Crippen LogP contribution in [-0.4, -0.2) is 46.8 Å². The van der Waals surface area contributed by atoms with Gasteiger partial charge in [0.2, 0.25) is 11.8 Å². The number of benzene rings is 1. The van der Waals surface area contributed by atoms with E-state index < -0.39 is 48.7 Å². The van der Waals surface area contributed by atoms with Crippen LogP contribution in [0.5, 0.6) is 0 Å². The summed E-state index contributed by atoms with van der Waals surface area (Å²) in [5.74, 6) is -1.85. The van der Waals surface area contributed by atoms with Gasteiger partial charge in [0.25, 0.3) is 5.91 Å². The lowest BCUT2D eigenvalue weighted by molar-refractivity contribution is -0.139. The second-order valence-corrected chi connectivity index (χ2v) is 10.8. The van der Waals surface area contributed by atoms with E-state index >= 15 is 0 Å². The summed E-state index contributed by atoms with van der Waals surface area (Å²) in [4.78, 5) is 36.6. The third-order valence-electron chi connectivity index (χ3n) is 6.85. The second kappa shape index (κ2) is 13.8. The normalized spacial score (nSPS) is 15.4. The highest BCUT2D eigenvalue weighted by molar-refractivity contribution is 5.98. The lowest BCUT2D eigenvalue weighted by Crippen LogP contribution is -2.36. The van der Waals surface area contributed by atoms with E-state index in [4.69, 9.17) is 0 Å². The number of nitrogens with zero attached hydrogens (tertiary/aromatic N) is 2. The van der Waals surface area contributed by atoms with Crippen molar-refractivity contribution >= 4 is 29.5 Å². The minimum absolute atomic E-state index is 0.0764. The number of amides is 3. The van der Waals surface area contributed by atoms with Crippen LogP contribution in [0.1, 0.15) is 86.5 Å². The van der Waals surface area contributed by atoms with Gasteiger partial charge in [-0.15, -0.1) is 0 Å². The molecular formula is C29H37F4N5O3. The van der Waals surface area contributed by atoms with Gasteiger partial charge >= 0.3 is 6.18 Å². The van der Waals surface area contributed by atoms with Crippen LogP contribution < -0.4 is 16.0 Å². The molecule has 1 heterocycles.